The summed E-state index contributed by atoms with van der Waals surface area (Å²) < 4.78 is 56.6. The van der Waals surface area contributed by atoms with Crippen molar-refractivity contribution in [1.82, 2.24) is 0 Å². The van der Waals surface area contributed by atoms with Crippen molar-refractivity contribution in [3.8, 4) is 0 Å². The van der Waals surface area contributed by atoms with E-state index in [0.29, 0.717) is 0 Å². The van der Waals surface area contributed by atoms with Gasteiger partial charge in [0, 0.05) is 11.1 Å². The molecular weight excluding hydrogens is 534 g/mol. The number of hydrogen-bond donors (Lipinski definition) is 0. The highest BCUT2D eigenvalue weighted by atomic mass is 32.2. The molecule has 41 heavy (non-hydrogen) atoms. The number of benzene rings is 4. The molecule has 0 unspecified atom stereocenters. The van der Waals surface area contributed by atoms with Crippen LogP contribution in [0, 0.1) is 11.6 Å². The third-order valence-corrected chi connectivity index (χ3v) is 9.74. The van der Waals surface area contributed by atoms with Gasteiger partial charge in [0.2, 0.25) is 0 Å². The molecule has 4 aromatic rings. The number of allylic oxidation sites excluding steroid dienone is 4. The zero-order valence-electron chi connectivity index (χ0n) is 22.9. The first-order valence-corrected chi connectivity index (χ1v) is 16.0. The molecule has 0 aromatic heterocycles. The summed E-state index contributed by atoms with van der Waals surface area (Å²) in [6.07, 6.45) is 5.61. The van der Waals surface area contributed by atoms with Crippen molar-refractivity contribution in [3.05, 3.63) is 142 Å². The summed E-state index contributed by atoms with van der Waals surface area (Å²) in [5.74, 6) is -2.05. The lowest BCUT2D eigenvalue weighted by atomic mass is 9.96. The lowest BCUT2D eigenvalue weighted by molar-refractivity contribution is 0.580. The van der Waals surface area contributed by atoms with Gasteiger partial charge in [-0.15, -0.1) is 0 Å². The summed E-state index contributed by atoms with van der Waals surface area (Å²) in [5, 5.41) is 0. The number of sulfone groups is 1. The van der Waals surface area contributed by atoms with Gasteiger partial charge in [-0.1, -0.05) is 84.9 Å². The van der Waals surface area contributed by atoms with E-state index in [1.807, 2.05) is 48.5 Å². The predicted molar refractivity (Wildman–Crippen MR) is 163 cm³/mol. The van der Waals surface area contributed by atoms with Crippen LogP contribution in [0.5, 0.6) is 0 Å². The molecular formula is C36H32F2O2S. The molecule has 0 amide bonds. The Morgan fingerprint density at radius 3 is 1.22 bits per heavy atom. The van der Waals surface area contributed by atoms with Crippen molar-refractivity contribution in [2.75, 3.05) is 0 Å². The molecule has 4 aromatic carbocycles. The monoisotopic (exact) mass is 566 g/mol. The van der Waals surface area contributed by atoms with Crippen molar-refractivity contribution in [3.63, 3.8) is 0 Å². The van der Waals surface area contributed by atoms with Crippen LogP contribution < -0.4 is 0 Å². The fourth-order valence-corrected chi connectivity index (χ4v) is 7.79. The van der Waals surface area contributed by atoms with Crippen LogP contribution >= 0.6 is 0 Å². The summed E-state index contributed by atoms with van der Waals surface area (Å²) >= 11 is 0. The van der Waals surface area contributed by atoms with E-state index in [1.54, 1.807) is 12.1 Å². The normalized spacial score (nSPS) is 15.7. The average Bonchev–Trinajstić information content (AvgIpc) is 3.67. The molecule has 0 saturated carbocycles. The topological polar surface area (TPSA) is 34.1 Å². The fraction of sp³-hybridized carbons (Fsp3) is 0.222. The van der Waals surface area contributed by atoms with Gasteiger partial charge in [0.15, 0.2) is 9.84 Å². The largest absolute Gasteiger partial charge is 0.228 e. The first-order chi connectivity index (χ1) is 19.9. The Balaban J connectivity index is 1.20. The van der Waals surface area contributed by atoms with E-state index in [9.17, 15) is 8.42 Å². The lowest BCUT2D eigenvalue weighted by Gasteiger charge is -2.12. The fourth-order valence-electron chi connectivity index (χ4n) is 6.27. The van der Waals surface area contributed by atoms with E-state index in [2.05, 4.69) is 24.3 Å². The van der Waals surface area contributed by atoms with Crippen molar-refractivity contribution in [2.24, 2.45) is 0 Å². The van der Waals surface area contributed by atoms with Crippen molar-refractivity contribution in [1.29, 1.82) is 0 Å². The molecule has 2 aliphatic carbocycles. The van der Waals surface area contributed by atoms with Crippen LogP contribution in [-0.2, 0) is 21.3 Å². The maximum atomic E-state index is 15.2. The van der Waals surface area contributed by atoms with E-state index < -0.39 is 33.0 Å². The maximum Gasteiger partial charge on any atom is 0.158 e. The molecule has 0 radical (unpaired) electrons. The molecule has 208 valence electrons. The molecule has 2 nitrogen and oxygen atoms in total. The van der Waals surface area contributed by atoms with Gasteiger partial charge in [-0.05, 0) is 95.2 Å². The smallest absolute Gasteiger partial charge is 0.158 e. The van der Waals surface area contributed by atoms with Gasteiger partial charge in [0.25, 0.3) is 0 Å². The Hall–Kier alpha value is -3.83. The number of halogens is 2. The molecule has 2 aliphatic rings. The molecule has 0 aliphatic heterocycles. The predicted octanol–water partition coefficient (Wildman–Crippen LogP) is 9.27. The van der Waals surface area contributed by atoms with Crippen LogP contribution in [0.25, 0.3) is 22.3 Å². The van der Waals surface area contributed by atoms with Crippen LogP contribution in [0.2, 0.25) is 0 Å². The minimum absolute atomic E-state index is 0.106. The summed E-state index contributed by atoms with van der Waals surface area (Å²) in [6, 6.07) is 29.8. The third-order valence-electron chi connectivity index (χ3n) is 8.23. The Morgan fingerprint density at radius 2 is 0.854 bits per heavy atom. The second-order valence-electron chi connectivity index (χ2n) is 11.0. The first kappa shape index (κ1) is 27.3. The minimum Gasteiger partial charge on any atom is -0.228 e. The summed E-state index contributed by atoms with van der Waals surface area (Å²) in [6.45, 7) is 0. The Labute approximate surface area is 241 Å². The van der Waals surface area contributed by atoms with Crippen LogP contribution in [0.4, 0.5) is 8.78 Å². The molecule has 0 fully saturated rings. The molecule has 0 saturated heterocycles. The minimum atomic E-state index is -3.81. The Kier molecular flexibility index (Phi) is 7.72. The number of rotatable bonds is 8. The van der Waals surface area contributed by atoms with Gasteiger partial charge >= 0.3 is 0 Å². The number of hydrogen-bond acceptors (Lipinski definition) is 2. The molecule has 0 spiro atoms. The third kappa shape index (κ3) is 5.96. The van der Waals surface area contributed by atoms with E-state index in [0.717, 1.165) is 71.9 Å². The van der Waals surface area contributed by atoms with Gasteiger partial charge in [-0.2, -0.15) is 0 Å². The van der Waals surface area contributed by atoms with Gasteiger partial charge < -0.3 is 0 Å². The summed E-state index contributed by atoms with van der Waals surface area (Å²) in [7, 11) is -3.81. The molecule has 0 atom stereocenters. The van der Waals surface area contributed by atoms with E-state index in [-0.39, 0.29) is 11.1 Å². The van der Waals surface area contributed by atoms with Gasteiger partial charge in [0.05, 0.1) is 11.5 Å². The van der Waals surface area contributed by atoms with Crippen molar-refractivity contribution in [2.45, 2.75) is 50.0 Å². The molecule has 0 heterocycles. The van der Waals surface area contributed by atoms with Crippen LogP contribution in [0.1, 0.15) is 71.9 Å². The van der Waals surface area contributed by atoms with E-state index in [4.69, 9.17) is 0 Å². The van der Waals surface area contributed by atoms with E-state index in [1.165, 1.54) is 23.3 Å². The average molecular weight is 567 g/mol. The highest BCUT2D eigenvalue weighted by Gasteiger charge is 2.23. The molecule has 0 bridgehead atoms. The summed E-state index contributed by atoms with van der Waals surface area (Å²) in [4.78, 5) is 0. The van der Waals surface area contributed by atoms with Gasteiger partial charge in [-0.3, -0.25) is 0 Å². The van der Waals surface area contributed by atoms with Crippen LogP contribution in [0.15, 0.2) is 97.1 Å². The quantitative estimate of drug-likeness (QED) is 0.213. The first-order valence-electron chi connectivity index (χ1n) is 14.2. The lowest BCUT2D eigenvalue weighted by Crippen LogP contribution is -2.10. The zero-order chi connectivity index (χ0) is 28.4. The van der Waals surface area contributed by atoms with Crippen molar-refractivity contribution < 1.29 is 17.2 Å². The second kappa shape index (κ2) is 11.6. The SMILES string of the molecule is O=S(=O)(Cc1ccc(C2=C(c3ccccc3)CCC2)cc1F)Cc1ccc(C2=C(c3ccccc3)CCC2)cc1F. The van der Waals surface area contributed by atoms with E-state index >= 15 is 8.78 Å². The highest BCUT2D eigenvalue weighted by Crippen LogP contribution is 2.41. The van der Waals surface area contributed by atoms with Crippen LogP contribution in [-0.4, -0.2) is 8.42 Å². The van der Waals surface area contributed by atoms with Crippen LogP contribution in [0.3, 0.4) is 0 Å². The molecule has 5 heteroatoms. The second-order valence-corrected chi connectivity index (χ2v) is 13.1. The van der Waals surface area contributed by atoms with Gasteiger partial charge in [0.1, 0.15) is 11.6 Å². The Morgan fingerprint density at radius 1 is 0.488 bits per heavy atom. The molecule has 0 N–H and O–H groups in total. The standard InChI is InChI=1S/C36H32F2O2S/c37-35-21-27(33-15-7-13-31(33)25-9-3-1-4-10-25)17-19-29(35)23-41(39,40)24-30-20-18-28(22-36(30)38)34-16-8-14-32(34)26-11-5-2-6-12-26/h1-6,9-12,17-22H,7-8,13-16,23-24H2. The zero-order valence-corrected chi connectivity index (χ0v) is 23.7. The van der Waals surface area contributed by atoms with Gasteiger partial charge in [-0.25, -0.2) is 17.2 Å². The van der Waals surface area contributed by atoms with Crippen molar-refractivity contribution >= 4 is 32.1 Å². The maximum absolute atomic E-state index is 15.2. The summed E-state index contributed by atoms with van der Waals surface area (Å²) in [5.41, 5.74) is 8.72. The Bertz CT molecular complexity index is 1630. The highest BCUT2D eigenvalue weighted by molar-refractivity contribution is 7.89. The molecule has 6 rings (SSSR count).